The number of aliphatic hydroxyl groups excluding tert-OH is 1. The van der Waals surface area contributed by atoms with Crippen molar-refractivity contribution in [2.24, 2.45) is 5.92 Å². The molecule has 0 spiro atoms. The molecule has 1 aliphatic rings. The quantitative estimate of drug-likeness (QED) is 0.841. The highest BCUT2D eigenvalue weighted by molar-refractivity contribution is 6.30. The van der Waals surface area contributed by atoms with Gasteiger partial charge in [-0.1, -0.05) is 41.9 Å². The van der Waals surface area contributed by atoms with E-state index < -0.39 is 0 Å². The Morgan fingerprint density at radius 1 is 1.04 bits per heavy atom. The number of rotatable bonds is 4. The van der Waals surface area contributed by atoms with Crippen LogP contribution in [0.15, 0.2) is 54.6 Å². The summed E-state index contributed by atoms with van der Waals surface area (Å²) in [5.41, 5.74) is 2.69. The van der Waals surface area contributed by atoms with Crippen LogP contribution in [0.4, 0.5) is 5.69 Å². The predicted molar refractivity (Wildman–Crippen MR) is 112 cm³/mol. The SMILES string of the molecule is CC(O)N1CCC(Cc2ccc(N(C)C)cc2)CC1.Clc1ccccc1. The zero-order valence-corrected chi connectivity index (χ0v) is 16.9. The van der Waals surface area contributed by atoms with Gasteiger partial charge in [-0.15, -0.1) is 0 Å². The summed E-state index contributed by atoms with van der Waals surface area (Å²) >= 11 is 5.54. The topological polar surface area (TPSA) is 26.7 Å². The summed E-state index contributed by atoms with van der Waals surface area (Å²) in [4.78, 5) is 4.29. The summed E-state index contributed by atoms with van der Waals surface area (Å²) in [6, 6.07) is 18.3. The van der Waals surface area contributed by atoms with Crippen LogP contribution >= 0.6 is 11.6 Å². The van der Waals surface area contributed by atoms with Gasteiger partial charge >= 0.3 is 0 Å². The molecule has 1 aliphatic heterocycles. The number of benzene rings is 2. The third kappa shape index (κ3) is 6.99. The Labute approximate surface area is 163 Å². The van der Waals surface area contributed by atoms with E-state index in [2.05, 4.69) is 48.2 Å². The van der Waals surface area contributed by atoms with Crippen molar-refractivity contribution >= 4 is 17.3 Å². The van der Waals surface area contributed by atoms with Crippen LogP contribution in [0.5, 0.6) is 0 Å². The van der Waals surface area contributed by atoms with E-state index in [1.807, 2.05) is 37.3 Å². The summed E-state index contributed by atoms with van der Waals surface area (Å²) in [6.07, 6.45) is 3.27. The van der Waals surface area contributed by atoms with Gasteiger partial charge in [-0.05, 0) is 61.9 Å². The van der Waals surface area contributed by atoms with E-state index in [0.717, 1.165) is 24.0 Å². The normalized spacial score (nSPS) is 16.5. The van der Waals surface area contributed by atoms with Gasteiger partial charge in [0.25, 0.3) is 0 Å². The lowest BCUT2D eigenvalue weighted by atomic mass is 9.90. The minimum Gasteiger partial charge on any atom is -0.379 e. The molecule has 2 aromatic rings. The molecule has 0 radical (unpaired) electrons. The summed E-state index contributed by atoms with van der Waals surface area (Å²) in [5.74, 6) is 0.764. The molecule has 1 atom stereocenters. The second-order valence-electron chi connectivity index (χ2n) is 7.17. The van der Waals surface area contributed by atoms with E-state index in [1.54, 1.807) is 0 Å². The molecule has 0 amide bonds. The monoisotopic (exact) mass is 374 g/mol. The maximum absolute atomic E-state index is 9.56. The molecule has 0 bridgehead atoms. The first-order valence-electron chi connectivity index (χ1n) is 9.34. The number of likely N-dealkylation sites (tertiary alicyclic amines) is 1. The summed E-state index contributed by atoms with van der Waals surface area (Å²) in [7, 11) is 4.14. The molecule has 4 heteroatoms. The zero-order chi connectivity index (χ0) is 18.9. The molecule has 2 aromatic carbocycles. The Hall–Kier alpha value is -1.55. The van der Waals surface area contributed by atoms with E-state index in [1.165, 1.54) is 30.5 Å². The van der Waals surface area contributed by atoms with E-state index in [-0.39, 0.29) is 6.23 Å². The molecule has 0 saturated carbocycles. The van der Waals surface area contributed by atoms with Crippen LogP contribution in [0.25, 0.3) is 0 Å². The molecule has 142 valence electrons. The van der Waals surface area contributed by atoms with Crippen LogP contribution in [0.1, 0.15) is 25.3 Å². The number of hydrogen-bond donors (Lipinski definition) is 1. The highest BCUT2D eigenvalue weighted by Crippen LogP contribution is 2.23. The third-order valence-corrected chi connectivity index (χ3v) is 5.14. The first kappa shape index (κ1) is 20.8. The molecule has 26 heavy (non-hydrogen) atoms. The number of nitrogens with zero attached hydrogens (tertiary/aromatic N) is 2. The van der Waals surface area contributed by atoms with Crippen molar-refractivity contribution in [3.63, 3.8) is 0 Å². The number of piperidine rings is 1. The standard InChI is InChI=1S/C16H26N2O.C6H5Cl/c1-13(19)18-10-8-15(9-11-18)12-14-4-6-16(7-5-14)17(2)3;7-6-4-2-1-3-5-6/h4-7,13,15,19H,8-12H2,1-3H3;1-5H. The lowest BCUT2D eigenvalue weighted by Gasteiger charge is -2.33. The average Bonchev–Trinajstić information content (AvgIpc) is 2.64. The first-order valence-corrected chi connectivity index (χ1v) is 9.72. The van der Waals surface area contributed by atoms with E-state index in [0.29, 0.717) is 0 Å². The molecule has 1 fully saturated rings. The van der Waals surface area contributed by atoms with Gasteiger partial charge in [-0.2, -0.15) is 0 Å². The lowest BCUT2D eigenvalue weighted by Crippen LogP contribution is -2.40. The zero-order valence-electron chi connectivity index (χ0n) is 16.1. The third-order valence-electron chi connectivity index (χ3n) is 4.89. The van der Waals surface area contributed by atoms with Crippen LogP contribution < -0.4 is 4.90 Å². The predicted octanol–water partition coefficient (Wildman–Crippen LogP) is 4.69. The Kier molecular flexibility index (Phi) is 8.43. The smallest absolute Gasteiger partial charge is 0.104 e. The van der Waals surface area contributed by atoms with Crippen LogP contribution in [-0.4, -0.2) is 43.4 Å². The van der Waals surface area contributed by atoms with Gasteiger partial charge in [0.15, 0.2) is 0 Å². The Morgan fingerprint density at radius 2 is 1.62 bits per heavy atom. The maximum atomic E-state index is 9.56. The Bertz CT molecular complexity index is 620. The largest absolute Gasteiger partial charge is 0.379 e. The minimum atomic E-state index is -0.291. The summed E-state index contributed by atoms with van der Waals surface area (Å²) < 4.78 is 0. The highest BCUT2D eigenvalue weighted by Gasteiger charge is 2.21. The molecule has 1 unspecified atom stereocenters. The van der Waals surface area contributed by atoms with Crippen molar-refractivity contribution in [2.75, 3.05) is 32.1 Å². The molecule has 3 nitrogen and oxygen atoms in total. The van der Waals surface area contributed by atoms with Crippen molar-refractivity contribution < 1.29 is 5.11 Å². The molecule has 1 saturated heterocycles. The van der Waals surface area contributed by atoms with Gasteiger partial charge < -0.3 is 10.0 Å². The van der Waals surface area contributed by atoms with E-state index in [9.17, 15) is 5.11 Å². The molecule has 0 aliphatic carbocycles. The number of halogens is 1. The lowest BCUT2D eigenvalue weighted by molar-refractivity contribution is -0.00316. The fraction of sp³-hybridized carbons (Fsp3) is 0.455. The average molecular weight is 375 g/mol. The summed E-state index contributed by atoms with van der Waals surface area (Å²) in [6.45, 7) is 3.91. The molecule has 3 rings (SSSR count). The fourth-order valence-corrected chi connectivity index (χ4v) is 3.35. The second-order valence-corrected chi connectivity index (χ2v) is 7.61. The van der Waals surface area contributed by atoms with Crippen molar-refractivity contribution in [1.29, 1.82) is 0 Å². The molecule has 1 N–H and O–H groups in total. The maximum Gasteiger partial charge on any atom is 0.104 e. The van der Waals surface area contributed by atoms with Gasteiger partial charge in [0.1, 0.15) is 6.23 Å². The second kappa shape index (κ2) is 10.6. The number of anilines is 1. The molecule has 0 aromatic heterocycles. The van der Waals surface area contributed by atoms with E-state index >= 15 is 0 Å². The van der Waals surface area contributed by atoms with Gasteiger partial charge in [-0.25, -0.2) is 0 Å². The van der Waals surface area contributed by atoms with Crippen LogP contribution in [0.2, 0.25) is 5.02 Å². The Morgan fingerprint density at radius 3 is 2.04 bits per heavy atom. The fourth-order valence-electron chi connectivity index (χ4n) is 3.21. The van der Waals surface area contributed by atoms with Crippen LogP contribution in [-0.2, 0) is 6.42 Å². The van der Waals surface area contributed by atoms with Crippen molar-refractivity contribution in [3.05, 3.63) is 65.2 Å². The van der Waals surface area contributed by atoms with Gasteiger partial charge in [0.05, 0.1) is 0 Å². The van der Waals surface area contributed by atoms with Crippen LogP contribution in [0.3, 0.4) is 0 Å². The van der Waals surface area contributed by atoms with Crippen LogP contribution in [0, 0.1) is 5.92 Å². The minimum absolute atomic E-state index is 0.291. The van der Waals surface area contributed by atoms with Gasteiger partial charge in [0, 0.05) is 37.9 Å². The number of hydrogen-bond acceptors (Lipinski definition) is 3. The molecular formula is C22H31ClN2O. The first-order chi connectivity index (χ1) is 12.5. The van der Waals surface area contributed by atoms with Crippen molar-refractivity contribution in [1.82, 2.24) is 4.90 Å². The Balaban J connectivity index is 0.000000290. The van der Waals surface area contributed by atoms with Gasteiger partial charge in [-0.3, -0.25) is 4.90 Å². The highest BCUT2D eigenvalue weighted by atomic mass is 35.5. The van der Waals surface area contributed by atoms with E-state index in [4.69, 9.17) is 11.6 Å². The molecular weight excluding hydrogens is 344 g/mol. The molecule has 1 heterocycles. The van der Waals surface area contributed by atoms with Crippen molar-refractivity contribution in [3.8, 4) is 0 Å². The summed E-state index contributed by atoms with van der Waals surface area (Å²) in [5, 5.41) is 10.4. The van der Waals surface area contributed by atoms with Crippen molar-refractivity contribution in [2.45, 2.75) is 32.4 Å². The van der Waals surface area contributed by atoms with Gasteiger partial charge in [0.2, 0.25) is 0 Å². The number of aliphatic hydroxyl groups is 1.